The monoisotopic (exact) mass is 304 g/mol. The van der Waals surface area contributed by atoms with Gasteiger partial charge >= 0.3 is 0 Å². The molecule has 1 saturated heterocycles. The zero-order valence-electron chi connectivity index (χ0n) is 14.3. The highest BCUT2D eigenvalue weighted by atomic mass is 16.5. The molecule has 22 heavy (non-hydrogen) atoms. The summed E-state index contributed by atoms with van der Waals surface area (Å²) < 4.78 is 5.20. The Kier molecular flexibility index (Phi) is 4.81. The smallest absolute Gasteiger partial charge is 0.240 e. The molecule has 122 valence electrons. The topological polar surface area (TPSA) is 55.6 Å². The minimum atomic E-state index is -0.454. The molecule has 4 heteroatoms. The van der Waals surface area contributed by atoms with Crippen molar-refractivity contribution < 1.29 is 9.53 Å². The summed E-state index contributed by atoms with van der Waals surface area (Å²) >= 11 is 0. The van der Waals surface area contributed by atoms with Crippen LogP contribution in [-0.4, -0.2) is 36.5 Å². The van der Waals surface area contributed by atoms with Crippen LogP contribution in [0.3, 0.4) is 0 Å². The lowest BCUT2D eigenvalue weighted by Crippen LogP contribution is -2.51. The van der Waals surface area contributed by atoms with E-state index in [0.29, 0.717) is 5.92 Å². The lowest BCUT2D eigenvalue weighted by atomic mass is 9.86. The average molecular weight is 304 g/mol. The molecule has 2 rings (SSSR count). The number of amides is 1. The quantitative estimate of drug-likeness (QED) is 0.934. The summed E-state index contributed by atoms with van der Waals surface area (Å²) in [4.78, 5) is 14.6. The van der Waals surface area contributed by atoms with Crippen molar-refractivity contribution in [3.63, 3.8) is 0 Å². The number of carbonyl (C=O) groups is 1. The minimum Gasteiger partial charge on any atom is -0.497 e. The molecule has 1 aromatic carbocycles. The van der Waals surface area contributed by atoms with Gasteiger partial charge in [-0.05, 0) is 36.5 Å². The van der Waals surface area contributed by atoms with E-state index < -0.39 is 6.04 Å². The number of hydrogen-bond donors (Lipinski definition) is 1. The summed E-state index contributed by atoms with van der Waals surface area (Å²) in [7, 11) is 1.67. The van der Waals surface area contributed by atoms with Crippen molar-refractivity contribution in [2.24, 2.45) is 11.1 Å². The number of ether oxygens (including phenoxy) is 1. The van der Waals surface area contributed by atoms with Gasteiger partial charge in [0.15, 0.2) is 0 Å². The number of nitrogens with two attached hydrogens (primary N) is 1. The molecule has 1 amide bonds. The molecule has 1 fully saturated rings. The van der Waals surface area contributed by atoms with Crippen LogP contribution in [0.15, 0.2) is 24.3 Å². The summed E-state index contributed by atoms with van der Waals surface area (Å²) in [5, 5.41) is 0. The molecule has 1 aliphatic rings. The SMILES string of the molecule is COc1ccc([C@@H]2C[C@H](C)N(C(=O)[C@@H](N)C(C)(C)C)C2)cc1. The Bertz CT molecular complexity index is 519. The Hall–Kier alpha value is -1.55. The fraction of sp³-hybridized carbons (Fsp3) is 0.611. The summed E-state index contributed by atoms with van der Waals surface area (Å²) in [6.45, 7) is 8.89. The third-order valence-corrected chi connectivity index (χ3v) is 4.64. The second-order valence-corrected chi connectivity index (χ2v) is 7.39. The van der Waals surface area contributed by atoms with Crippen LogP contribution in [0.5, 0.6) is 5.75 Å². The third kappa shape index (κ3) is 3.43. The van der Waals surface area contributed by atoms with Crippen molar-refractivity contribution in [2.75, 3.05) is 13.7 Å². The number of rotatable bonds is 3. The fourth-order valence-corrected chi connectivity index (χ4v) is 3.00. The fourth-order valence-electron chi connectivity index (χ4n) is 3.00. The molecule has 0 bridgehead atoms. The van der Waals surface area contributed by atoms with E-state index >= 15 is 0 Å². The van der Waals surface area contributed by atoms with Gasteiger partial charge < -0.3 is 15.4 Å². The van der Waals surface area contributed by atoms with Crippen LogP contribution in [0.4, 0.5) is 0 Å². The van der Waals surface area contributed by atoms with E-state index in [2.05, 4.69) is 19.1 Å². The minimum absolute atomic E-state index is 0.0658. The molecule has 0 spiro atoms. The van der Waals surface area contributed by atoms with Crippen LogP contribution < -0.4 is 10.5 Å². The highest BCUT2D eigenvalue weighted by Crippen LogP contribution is 2.33. The van der Waals surface area contributed by atoms with E-state index in [9.17, 15) is 4.79 Å². The predicted octanol–water partition coefficient (Wildman–Crippen LogP) is 2.77. The Balaban J connectivity index is 2.10. The van der Waals surface area contributed by atoms with Gasteiger partial charge in [-0.1, -0.05) is 32.9 Å². The van der Waals surface area contributed by atoms with Gasteiger partial charge in [0.05, 0.1) is 13.2 Å². The molecule has 1 heterocycles. The molecule has 0 aromatic heterocycles. The van der Waals surface area contributed by atoms with Crippen LogP contribution in [0.1, 0.15) is 45.6 Å². The number of carbonyl (C=O) groups excluding carboxylic acids is 1. The predicted molar refractivity (Wildman–Crippen MR) is 89.0 cm³/mol. The number of nitrogens with zero attached hydrogens (tertiary/aromatic N) is 1. The van der Waals surface area contributed by atoms with Gasteiger partial charge in [0, 0.05) is 18.5 Å². The first-order valence-corrected chi connectivity index (χ1v) is 7.94. The molecular formula is C18H28N2O2. The molecule has 3 atom stereocenters. The Labute approximate surface area is 133 Å². The van der Waals surface area contributed by atoms with Crippen LogP contribution in [0.25, 0.3) is 0 Å². The van der Waals surface area contributed by atoms with E-state index in [1.165, 1.54) is 5.56 Å². The Morgan fingerprint density at radius 3 is 2.41 bits per heavy atom. The molecule has 1 aliphatic heterocycles. The molecule has 1 aromatic rings. The van der Waals surface area contributed by atoms with Gasteiger partial charge in [-0.2, -0.15) is 0 Å². The normalized spacial score (nSPS) is 23.5. The largest absolute Gasteiger partial charge is 0.497 e. The maximum absolute atomic E-state index is 12.7. The molecule has 0 radical (unpaired) electrons. The molecule has 2 N–H and O–H groups in total. The van der Waals surface area contributed by atoms with Crippen molar-refractivity contribution in [3.05, 3.63) is 29.8 Å². The Morgan fingerprint density at radius 2 is 1.91 bits per heavy atom. The molecule has 0 aliphatic carbocycles. The summed E-state index contributed by atoms with van der Waals surface area (Å²) in [6.07, 6.45) is 0.981. The third-order valence-electron chi connectivity index (χ3n) is 4.64. The lowest BCUT2D eigenvalue weighted by Gasteiger charge is -2.32. The maximum atomic E-state index is 12.7. The van der Waals surface area contributed by atoms with E-state index in [0.717, 1.165) is 18.7 Å². The second kappa shape index (κ2) is 6.29. The van der Waals surface area contributed by atoms with Crippen molar-refractivity contribution >= 4 is 5.91 Å². The summed E-state index contributed by atoms with van der Waals surface area (Å²) in [5.41, 5.74) is 7.19. The van der Waals surface area contributed by atoms with Crippen molar-refractivity contribution in [1.29, 1.82) is 0 Å². The van der Waals surface area contributed by atoms with E-state index in [-0.39, 0.29) is 17.4 Å². The van der Waals surface area contributed by atoms with Gasteiger partial charge in [-0.25, -0.2) is 0 Å². The van der Waals surface area contributed by atoms with Crippen LogP contribution >= 0.6 is 0 Å². The van der Waals surface area contributed by atoms with Crippen molar-refractivity contribution in [1.82, 2.24) is 4.90 Å². The van der Waals surface area contributed by atoms with Gasteiger partial charge in [0.1, 0.15) is 5.75 Å². The van der Waals surface area contributed by atoms with Gasteiger partial charge in [0.25, 0.3) is 0 Å². The zero-order chi connectivity index (χ0) is 16.5. The summed E-state index contributed by atoms with van der Waals surface area (Å²) in [6, 6.07) is 7.91. The average Bonchev–Trinajstić information content (AvgIpc) is 2.87. The molecule has 0 saturated carbocycles. The highest BCUT2D eigenvalue weighted by Gasteiger charge is 2.38. The number of likely N-dealkylation sites (tertiary alicyclic amines) is 1. The first-order valence-electron chi connectivity index (χ1n) is 7.94. The van der Waals surface area contributed by atoms with Crippen LogP contribution in [-0.2, 0) is 4.79 Å². The maximum Gasteiger partial charge on any atom is 0.240 e. The first-order chi connectivity index (χ1) is 10.2. The lowest BCUT2D eigenvalue weighted by molar-refractivity contribution is -0.135. The van der Waals surface area contributed by atoms with Crippen LogP contribution in [0.2, 0.25) is 0 Å². The number of hydrogen-bond acceptors (Lipinski definition) is 3. The zero-order valence-corrected chi connectivity index (χ0v) is 14.3. The van der Waals surface area contributed by atoms with Crippen LogP contribution in [0, 0.1) is 5.41 Å². The van der Waals surface area contributed by atoms with E-state index in [1.807, 2.05) is 37.8 Å². The summed E-state index contributed by atoms with van der Waals surface area (Å²) in [5.74, 6) is 1.30. The van der Waals surface area contributed by atoms with Gasteiger partial charge in [-0.3, -0.25) is 4.79 Å². The molecule has 4 nitrogen and oxygen atoms in total. The standard InChI is InChI=1S/C18H28N2O2/c1-12-10-14(13-6-8-15(22-5)9-7-13)11-20(12)17(21)16(19)18(2,3)4/h6-9,12,14,16H,10-11,19H2,1-5H3/t12-,14+,16+/m0/s1. The second-order valence-electron chi connectivity index (χ2n) is 7.39. The number of benzene rings is 1. The molecule has 0 unspecified atom stereocenters. The van der Waals surface area contributed by atoms with E-state index in [1.54, 1.807) is 7.11 Å². The van der Waals surface area contributed by atoms with Crippen molar-refractivity contribution in [2.45, 2.75) is 52.1 Å². The molecular weight excluding hydrogens is 276 g/mol. The Morgan fingerprint density at radius 1 is 1.32 bits per heavy atom. The van der Waals surface area contributed by atoms with Crippen molar-refractivity contribution in [3.8, 4) is 5.75 Å². The van der Waals surface area contributed by atoms with Gasteiger partial charge in [-0.15, -0.1) is 0 Å². The van der Waals surface area contributed by atoms with E-state index in [4.69, 9.17) is 10.5 Å². The van der Waals surface area contributed by atoms with Gasteiger partial charge in [0.2, 0.25) is 5.91 Å². The highest BCUT2D eigenvalue weighted by molar-refractivity contribution is 5.83. The number of methoxy groups -OCH3 is 1. The first kappa shape index (κ1) is 16.8.